The summed E-state index contributed by atoms with van der Waals surface area (Å²) in [5.74, 6) is 0.0169. The summed E-state index contributed by atoms with van der Waals surface area (Å²) in [5.41, 5.74) is 1.68. The van der Waals surface area contributed by atoms with Crippen molar-refractivity contribution in [1.82, 2.24) is 20.1 Å². The molecule has 2 fully saturated rings. The molecule has 2 aliphatic rings. The van der Waals surface area contributed by atoms with E-state index in [-0.39, 0.29) is 11.9 Å². The van der Waals surface area contributed by atoms with E-state index in [1.165, 1.54) is 56.1 Å². The van der Waals surface area contributed by atoms with Gasteiger partial charge in [0.25, 0.3) is 5.91 Å². The minimum atomic E-state index is 0.0169. The maximum absolute atomic E-state index is 12.9. The number of nitrogens with one attached hydrogen (secondary N) is 2. The van der Waals surface area contributed by atoms with E-state index in [2.05, 4.69) is 56.5 Å². The number of carbonyl (C=O) groups is 1. The molecule has 5 heteroatoms. The van der Waals surface area contributed by atoms with Crippen molar-refractivity contribution in [3.8, 4) is 0 Å². The van der Waals surface area contributed by atoms with Crippen LogP contribution < -0.4 is 5.32 Å². The van der Waals surface area contributed by atoms with Gasteiger partial charge in [-0.2, -0.15) is 0 Å². The first-order valence-corrected chi connectivity index (χ1v) is 12.0. The Morgan fingerprint density at radius 2 is 1.58 bits per heavy atom. The van der Waals surface area contributed by atoms with Gasteiger partial charge in [-0.25, -0.2) is 0 Å². The number of carbonyl (C=O) groups excluding carboxylic acids is 1. The number of amides is 1. The lowest BCUT2D eigenvalue weighted by molar-refractivity contribution is 0.0902. The lowest BCUT2D eigenvalue weighted by Crippen LogP contribution is -2.46. The van der Waals surface area contributed by atoms with Crippen LogP contribution in [-0.4, -0.2) is 66.0 Å². The molecule has 1 aromatic heterocycles. The average molecular weight is 419 g/mol. The highest BCUT2D eigenvalue weighted by Gasteiger charge is 2.22. The van der Waals surface area contributed by atoms with Crippen molar-refractivity contribution in [3.05, 3.63) is 48.2 Å². The minimum Gasteiger partial charge on any atom is -0.351 e. The van der Waals surface area contributed by atoms with Crippen molar-refractivity contribution in [2.75, 3.05) is 39.3 Å². The Morgan fingerprint density at radius 1 is 0.871 bits per heavy atom. The summed E-state index contributed by atoms with van der Waals surface area (Å²) in [7, 11) is 0. The zero-order valence-corrected chi connectivity index (χ0v) is 18.4. The highest BCUT2D eigenvalue weighted by Crippen LogP contribution is 2.26. The van der Waals surface area contributed by atoms with Gasteiger partial charge in [-0.3, -0.25) is 4.79 Å². The fourth-order valence-corrected chi connectivity index (χ4v) is 5.21. The molecule has 0 saturated carbocycles. The summed E-state index contributed by atoms with van der Waals surface area (Å²) >= 11 is 0. The highest BCUT2D eigenvalue weighted by atomic mass is 16.1. The number of hydrogen-bond donors (Lipinski definition) is 2. The summed E-state index contributed by atoms with van der Waals surface area (Å²) in [5, 5.41) is 6.78. The maximum Gasteiger partial charge on any atom is 0.267 e. The fraction of sp³-hybridized carbons (Fsp3) is 0.500. The van der Waals surface area contributed by atoms with Gasteiger partial charge in [0.05, 0.1) is 0 Å². The fourth-order valence-electron chi connectivity index (χ4n) is 5.21. The van der Waals surface area contributed by atoms with Gasteiger partial charge in [-0.15, -0.1) is 0 Å². The van der Waals surface area contributed by atoms with Crippen molar-refractivity contribution >= 4 is 27.6 Å². The third kappa shape index (κ3) is 4.78. The zero-order valence-electron chi connectivity index (χ0n) is 18.4. The van der Waals surface area contributed by atoms with Gasteiger partial charge in [0.2, 0.25) is 0 Å². The molecular weight excluding hydrogens is 384 g/mol. The molecule has 0 atom stereocenters. The van der Waals surface area contributed by atoms with Crippen LogP contribution in [0.1, 0.15) is 49.0 Å². The number of rotatable bonds is 5. The first-order chi connectivity index (χ1) is 15.3. The summed E-state index contributed by atoms with van der Waals surface area (Å²) in [6, 6.07) is 14.8. The summed E-state index contributed by atoms with van der Waals surface area (Å²) in [6.07, 6.45) is 7.58. The van der Waals surface area contributed by atoms with Crippen LogP contribution in [0.2, 0.25) is 0 Å². The zero-order chi connectivity index (χ0) is 21.0. The second kappa shape index (κ2) is 9.41. The highest BCUT2D eigenvalue weighted by molar-refractivity contribution is 6.09. The molecule has 2 aliphatic heterocycles. The number of likely N-dealkylation sites (tertiary alicyclic amines) is 2. The van der Waals surface area contributed by atoms with Gasteiger partial charge in [0.15, 0.2) is 0 Å². The number of H-pyrrole nitrogens is 1. The van der Waals surface area contributed by atoms with E-state index in [9.17, 15) is 4.79 Å². The Balaban J connectivity index is 1.14. The van der Waals surface area contributed by atoms with Crippen LogP contribution in [0.3, 0.4) is 0 Å². The van der Waals surface area contributed by atoms with Crippen LogP contribution in [0, 0.1) is 0 Å². The van der Waals surface area contributed by atoms with Crippen LogP contribution in [0.5, 0.6) is 0 Å². The molecule has 0 radical (unpaired) electrons. The van der Waals surface area contributed by atoms with Crippen molar-refractivity contribution in [2.24, 2.45) is 0 Å². The van der Waals surface area contributed by atoms with Crippen LogP contribution in [-0.2, 0) is 0 Å². The molecule has 1 amide bonds. The minimum absolute atomic E-state index is 0.0169. The van der Waals surface area contributed by atoms with Gasteiger partial charge in [-0.05, 0) is 61.7 Å². The first-order valence-electron chi connectivity index (χ1n) is 12.0. The number of aromatic nitrogens is 1. The van der Waals surface area contributed by atoms with Gasteiger partial charge in [0.1, 0.15) is 5.69 Å². The molecule has 2 saturated heterocycles. The van der Waals surface area contributed by atoms with Crippen molar-refractivity contribution in [3.63, 3.8) is 0 Å². The monoisotopic (exact) mass is 418 g/mol. The molecular formula is C26H34N4O. The number of fused-ring (bicyclic) bond motifs is 3. The SMILES string of the molecule is O=C(NC1CCN(CCN2CCCCCC2)CC1)c1cc2c(ccc3ccccc32)[nH]1. The second-order valence-corrected chi connectivity index (χ2v) is 9.28. The Kier molecular flexibility index (Phi) is 6.23. The Morgan fingerprint density at radius 3 is 2.35 bits per heavy atom. The quantitative estimate of drug-likeness (QED) is 0.646. The normalized spacial score (nSPS) is 19.6. The smallest absolute Gasteiger partial charge is 0.267 e. The molecule has 5 rings (SSSR count). The first kappa shape index (κ1) is 20.5. The largest absolute Gasteiger partial charge is 0.351 e. The maximum atomic E-state index is 12.9. The van der Waals surface area contributed by atoms with Gasteiger partial charge in [0, 0.05) is 43.1 Å². The Labute approximate surface area is 184 Å². The average Bonchev–Trinajstić information content (AvgIpc) is 3.08. The molecule has 5 nitrogen and oxygen atoms in total. The van der Waals surface area contributed by atoms with Gasteiger partial charge < -0.3 is 20.1 Å². The standard InChI is InChI=1S/C26H34N4O/c31-26(25-19-23-22-8-4-3-7-20(22)9-10-24(23)28-25)27-21-11-15-30(16-12-21)18-17-29-13-5-1-2-6-14-29/h3-4,7-10,19,21,28H,1-2,5-6,11-18H2,(H,27,31). The Hall–Kier alpha value is -2.37. The molecule has 0 aliphatic carbocycles. The molecule has 31 heavy (non-hydrogen) atoms. The molecule has 3 heterocycles. The van der Waals surface area contributed by atoms with Crippen LogP contribution in [0.25, 0.3) is 21.7 Å². The summed E-state index contributed by atoms with van der Waals surface area (Å²) in [4.78, 5) is 21.4. The van der Waals surface area contributed by atoms with E-state index in [1.54, 1.807) is 0 Å². The van der Waals surface area contributed by atoms with E-state index in [0.717, 1.165) is 43.4 Å². The van der Waals surface area contributed by atoms with E-state index < -0.39 is 0 Å². The number of nitrogens with zero attached hydrogens (tertiary/aromatic N) is 2. The third-order valence-corrected chi connectivity index (χ3v) is 7.13. The van der Waals surface area contributed by atoms with E-state index in [0.29, 0.717) is 5.69 Å². The topological polar surface area (TPSA) is 51.4 Å². The predicted molar refractivity (Wildman–Crippen MR) is 128 cm³/mol. The number of piperidine rings is 1. The number of benzene rings is 2. The molecule has 2 N–H and O–H groups in total. The molecule has 0 unspecified atom stereocenters. The lowest BCUT2D eigenvalue weighted by atomic mass is 10.0. The van der Waals surface area contributed by atoms with E-state index in [4.69, 9.17) is 0 Å². The van der Waals surface area contributed by atoms with Gasteiger partial charge in [-0.1, -0.05) is 43.2 Å². The van der Waals surface area contributed by atoms with Crippen molar-refractivity contribution in [2.45, 2.75) is 44.6 Å². The van der Waals surface area contributed by atoms with E-state index in [1.807, 2.05) is 6.07 Å². The lowest BCUT2D eigenvalue weighted by Gasteiger charge is -2.33. The predicted octanol–water partition coefficient (Wildman–Crippen LogP) is 4.39. The van der Waals surface area contributed by atoms with Gasteiger partial charge >= 0.3 is 0 Å². The van der Waals surface area contributed by atoms with Crippen LogP contribution in [0.4, 0.5) is 0 Å². The van der Waals surface area contributed by atoms with Crippen molar-refractivity contribution in [1.29, 1.82) is 0 Å². The van der Waals surface area contributed by atoms with Crippen molar-refractivity contribution < 1.29 is 4.79 Å². The van der Waals surface area contributed by atoms with E-state index >= 15 is 0 Å². The Bertz CT molecular complexity index is 1030. The molecule has 0 spiro atoms. The summed E-state index contributed by atoms with van der Waals surface area (Å²) in [6.45, 7) is 7.06. The second-order valence-electron chi connectivity index (χ2n) is 9.28. The molecule has 2 aromatic carbocycles. The molecule has 0 bridgehead atoms. The number of aromatic amines is 1. The van der Waals surface area contributed by atoms with Crippen LogP contribution in [0.15, 0.2) is 42.5 Å². The third-order valence-electron chi connectivity index (χ3n) is 7.13. The molecule has 3 aromatic rings. The molecule has 164 valence electrons. The van der Waals surface area contributed by atoms with Crippen LogP contribution >= 0.6 is 0 Å². The summed E-state index contributed by atoms with van der Waals surface area (Å²) < 4.78 is 0. The number of hydrogen-bond acceptors (Lipinski definition) is 3.